The minimum absolute atomic E-state index is 0.832. The van der Waals surface area contributed by atoms with Crippen LogP contribution in [0.25, 0.3) is 11.1 Å². The normalized spacial score (nSPS) is 22.1. The smallest absolute Gasteiger partial charge is 0.0234 e. The lowest BCUT2D eigenvalue weighted by Crippen LogP contribution is -2.28. The summed E-state index contributed by atoms with van der Waals surface area (Å²) in [5.74, 6) is 1.66. The van der Waals surface area contributed by atoms with Gasteiger partial charge in [0.15, 0.2) is 0 Å². The van der Waals surface area contributed by atoms with E-state index in [4.69, 9.17) is 0 Å². The van der Waals surface area contributed by atoms with E-state index in [-0.39, 0.29) is 0 Å². The highest BCUT2D eigenvalue weighted by Crippen LogP contribution is 2.33. The molecule has 148 valence electrons. The summed E-state index contributed by atoms with van der Waals surface area (Å²) in [6.45, 7) is 9.30. The molecule has 2 nitrogen and oxygen atoms in total. The van der Waals surface area contributed by atoms with Crippen LogP contribution in [0.4, 0.5) is 0 Å². The Morgan fingerprint density at radius 3 is 1.86 bits per heavy atom. The molecule has 2 fully saturated rings. The number of aryl methyl sites for hydroxylation is 1. The van der Waals surface area contributed by atoms with Gasteiger partial charge in [-0.25, -0.2) is 0 Å². The second kappa shape index (κ2) is 8.14. The van der Waals surface area contributed by atoms with E-state index in [1.807, 2.05) is 0 Å². The highest BCUT2D eigenvalue weighted by molar-refractivity contribution is 5.64. The summed E-state index contributed by atoms with van der Waals surface area (Å²) < 4.78 is 0. The molecule has 2 heterocycles. The monoisotopic (exact) mass is 382 g/mol. The molecule has 2 aliphatic rings. The molecule has 0 amide bonds. The minimum Gasteiger partial charge on any atom is -0.298 e. The number of hydrogen-bond acceptors (Lipinski definition) is 2. The fourth-order valence-corrected chi connectivity index (χ4v) is 5.14. The van der Waals surface area contributed by atoms with Crippen LogP contribution in [0.15, 0.2) is 78.9 Å². The van der Waals surface area contributed by atoms with Crippen molar-refractivity contribution in [1.82, 2.24) is 9.80 Å². The van der Waals surface area contributed by atoms with E-state index in [0.717, 1.165) is 24.9 Å². The quantitative estimate of drug-likeness (QED) is 0.596. The summed E-state index contributed by atoms with van der Waals surface area (Å²) in [6, 6.07) is 28.9. The molecule has 0 radical (unpaired) electrons. The molecule has 0 aliphatic carbocycles. The zero-order valence-corrected chi connectivity index (χ0v) is 17.3. The summed E-state index contributed by atoms with van der Waals surface area (Å²) >= 11 is 0. The van der Waals surface area contributed by atoms with Crippen molar-refractivity contribution in [2.45, 2.75) is 20.0 Å². The van der Waals surface area contributed by atoms with Crippen LogP contribution < -0.4 is 0 Å². The molecule has 0 spiro atoms. The first-order chi connectivity index (χ1) is 14.2. The molecule has 0 N–H and O–H groups in total. The van der Waals surface area contributed by atoms with E-state index in [1.165, 1.54) is 54.0 Å². The molecule has 2 saturated heterocycles. The summed E-state index contributed by atoms with van der Waals surface area (Å²) in [5, 5.41) is 0. The molecule has 0 saturated carbocycles. The van der Waals surface area contributed by atoms with Gasteiger partial charge in [-0.15, -0.1) is 0 Å². The molecule has 2 aliphatic heterocycles. The number of likely N-dealkylation sites (tertiary alicyclic amines) is 2. The summed E-state index contributed by atoms with van der Waals surface area (Å²) in [4.78, 5) is 5.32. The molecule has 0 bridgehead atoms. The molecular weight excluding hydrogens is 352 g/mol. The standard InChI is InChI=1S/C27H30N2/c1-21-10-12-24(13-11-21)25-9-5-8-23(14-25)16-29-19-26-17-28(18-27(26)20-29)15-22-6-3-2-4-7-22/h2-14,26-27H,15-20H2,1H3/t26-,27-/m0/s1. The third-order valence-electron chi connectivity index (χ3n) is 6.60. The van der Waals surface area contributed by atoms with Crippen LogP contribution in [-0.2, 0) is 13.1 Å². The lowest BCUT2D eigenvalue weighted by molar-refractivity contribution is 0.246. The summed E-state index contributed by atoms with van der Waals surface area (Å²) in [6.07, 6.45) is 0. The zero-order valence-electron chi connectivity index (χ0n) is 17.3. The van der Waals surface area contributed by atoms with Gasteiger partial charge >= 0.3 is 0 Å². The first-order valence-electron chi connectivity index (χ1n) is 10.9. The van der Waals surface area contributed by atoms with Crippen molar-refractivity contribution in [2.75, 3.05) is 26.2 Å². The zero-order chi connectivity index (χ0) is 19.6. The molecule has 5 rings (SSSR count). The second-order valence-corrected chi connectivity index (χ2v) is 8.96. The minimum atomic E-state index is 0.832. The molecule has 2 heteroatoms. The van der Waals surface area contributed by atoms with Gasteiger partial charge in [-0.2, -0.15) is 0 Å². The van der Waals surface area contributed by atoms with E-state index in [2.05, 4.69) is 95.6 Å². The number of hydrogen-bond donors (Lipinski definition) is 0. The number of rotatable bonds is 5. The molecule has 2 atom stereocenters. The van der Waals surface area contributed by atoms with Crippen LogP contribution in [0.3, 0.4) is 0 Å². The molecular formula is C27H30N2. The maximum Gasteiger partial charge on any atom is 0.0234 e. The molecule has 29 heavy (non-hydrogen) atoms. The van der Waals surface area contributed by atoms with Gasteiger partial charge in [0.1, 0.15) is 0 Å². The first kappa shape index (κ1) is 18.6. The Balaban J connectivity index is 1.19. The van der Waals surface area contributed by atoms with Gasteiger partial charge in [0.25, 0.3) is 0 Å². The van der Waals surface area contributed by atoms with Crippen LogP contribution in [0, 0.1) is 18.8 Å². The molecule has 3 aromatic carbocycles. The van der Waals surface area contributed by atoms with Gasteiger partial charge in [-0.1, -0.05) is 78.4 Å². The SMILES string of the molecule is Cc1ccc(-c2cccc(CN3C[C@@H]4CN(Cc5ccccc5)C[C@H]4C3)c2)cc1. The third-order valence-corrected chi connectivity index (χ3v) is 6.60. The van der Waals surface area contributed by atoms with E-state index >= 15 is 0 Å². The maximum atomic E-state index is 2.67. The predicted molar refractivity (Wildman–Crippen MR) is 121 cm³/mol. The third kappa shape index (κ3) is 4.29. The van der Waals surface area contributed by atoms with Crippen LogP contribution in [0.2, 0.25) is 0 Å². The van der Waals surface area contributed by atoms with Crippen LogP contribution in [0.5, 0.6) is 0 Å². The van der Waals surface area contributed by atoms with Crippen molar-refractivity contribution in [2.24, 2.45) is 11.8 Å². The van der Waals surface area contributed by atoms with Crippen LogP contribution >= 0.6 is 0 Å². The van der Waals surface area contributed by atoms with Gasteiger partial charge in [0, 0.05) is 39.3 Å². The van der Waals surface area contributed by atoms with Gasteiger partial charge < -0.3 is 0 Å². The van der Waals surface area contributed by atoms with Crippen molar-refractivity contribution in [3.8, 4) is 11.1 Å². The Morgan fingerprint density at radius 2 is 1.21 bits per heavy atom. The van der Waals surface area contributed by atoms with E-state index in [1.54, 1.807) is 0 Å². The molecule has 0 unspecified atom stereocenters. The Hall–Kier alpha value is -2.42. The average molecular weight is 383 g/mol. The predicted octanol–water partition coefficient (Wildman–Crippen LogP) is 5.23. The fourth-order valence-electron chi connectivity index (χ4n) is 5.14. The highest BCUT2D eigenvalue weighted by Gasteiger charge is 2.39. The first-order valence-corrected chi connectivity index (χ1v) is 10.9. The highest BCUT2D eigenvalue weighted by atomic mass is 15.2. The van der Waals surface area contributed by atoms with Crippen molar-refractivity contribution < 1.29 is 0 Å². The van der Waals surface area contributed by atoms with E-state index in [0.29, 0.717) is 0 Å². The largest absolute Gasteiger partial charge is 0.298 e. The number of fused-ring (bicyclic) bond motifs is 1. The fraction of sp³-hybridized carbons (Fsp3) is 0.333. The lowest BCUT2D eigenvalue weighted by atomic mass is 10.0. The van der Waals surface area contributed by atoms with Gasteiger partial charge in [0.2, 0.25) is 0 Å². The Labute approximate surface area is 174 Å². The van der Waals surface area contributed by atoms with Gasteiger partial charge in [0.05, 0.1) is 0 Å². The Kier molecular flexibility index (Phi) is 5.22. The van der Waals surface area contributed by atoms with Crippen molar-refractivity contribution in [3.05, 3.63) is 95.6 Å². The summed E-state index contributed by atoms with van der Waals surface area (Å²) in [5.41, 5.74) is 6.83. The summed E-state index contributed by atoms with van der Waals surface area (Å²) in [7, 11) is 0. The van der Waals surface area contributed by atoms with Crippen molar-refractivity contribution in [3.63, 3.8) is 0 Å². The Bertz CT molecular complexity index is 934. The van der Waals surface area contributed by atoms with Gasteiger partial charge in [-0.3, -0.25) is 9.80 Å². The van der Waals surface area contributed by atoms with Crippen molar-refractivity contribution >= 4 is 0 Å². The number of benzene rings is 3. The Morgan fingerprint density at radius 1 is 0.621 bits per heavy atom. The van der Waals surface area contributed by atoms with E-state index in [9.17, 15) is 0 Å². The average Bonchev–Trinajstić information content (AvgIpc) is 3.27. The van der Waals surface area contributed by atoms with Crippen LogP contribution in [0.1, 0.15) is 16.7 Å². The lowest BCUT2D eigenvalue weighted by Gasteiger charge is -2.21. The van der Waals surface area contributed by atoms with Gasteiger partial charge in [-0.05, 0) is 47.1 Å². The number of nitrogens with zero attached hydrogens (tertiary/aromatic N) is 2. The van der Waals surface area contributed by atoms with E-state index < -0.39 is 0 Å². The van der Waals surface area contributed by atoms with Crippen LogP contribution in [-0.4, -0.2) is 36.0 Å². The molecule has 0 aromatic heterocycles. The second-order valence-electron chi connectivity index (χ2n) is 8.96. The topological polar surface area (TPSA) is 6.48 Å². The van der Waals surface area contributed by atoms with Crippen molar-refractivity contribution in [1.29, 1.82) is 0 Å². The molecule has 3 aromatic rings. The maximum absolute atomic E-state index is 2.67.